The number of benzene rings is 9. The number of para-hydroxylation sites is 3. The largest absolute Gasteiger partial charge is 0.309 e. The minimum atomic E-state index is 0.608. The first-order valence-electron chi connectivity index (χ1n) is 20.9. The molecule has 0 aliphatic carbocycles. The number of hydrogen-bond acceptors (Lipinski definition) is 3. The third kappa shape index (κ3) is 5.98. The lowest BCUT2D eigenvalue weighted by molar-refractivity contribution is 1.07. The maximum atomic E-state index is 5.29. The molecule has 3 aromatic heterocycles. The molecule has 9 aromatic carbocycles. The Hall–Kier alpha value is -8.41. The molecule has 62 heavy (non-hydrogen) atoms. The van der Waals surface area contributed by atoms with Gasteiger partial charge in [0, 0.05) is 49.6 Å². The molecule has 0 saturated carbocycles. The molecular weight excluding hydrogens is 755 g/mol. The first-order chi connectivity index (χ1) is 30.7. The van der Waals surface area contributed by atoms with Crippen molar-refractivity contribution >= 4 is 43.6 Å². The zero-order valence-electron chi connectivity index (χ0n) is 33.6. The molecule has 290 valence electrons. The second-order valence-electron chi connectivity index (χ2n) is 15.6. The highest BCUT2D eigenvalue weighted by Gasteiger charge is 2.20. The Morgan fingerprint density at radius 2 is 0.629 bits per heavy atom. The normalized spacial score (nSPS) is 11.5. The average Bonchev–Trinajstić information content (AvgIpc) is 3.87. The van der Waals surface area contributed by atoms with Crippen LogP contribution in [0.4, 0.5) is 0 Å². The molecule has 0 radical (unpaired) electrons. The van der Waals surface area contributed by atoms with Crippen molar-refractivity contribution in [1.29, 1.82) is 0 Å². The standard InChI is InChI=1S/C57H37N5/c1-4-16-38(17-5-1)39-28-30-42(31-29-39)56-58-55(41-20-8-3-9-21-41)59-57(60-56)50-37-43(32-34-45(50)40-18-6-2-7-19-40)62-53-27-15-12-24-48(53)49-36-44(33-35-54(49)62)61-51-25-13-10-22-46(51)47-23-11-14-26-52(47)61/h1-37H. The molecule has 0 saturated heterocycles. The number of hydrogen-bond donors (Lipinski definition) is 0. The van der Waals surface area contributed by atoms with Crippen molar-refractivity contribution in [2.24, 2.45) is 0 Å². The molecule has 0 spiro atoms. The van der Waals surface area contributed by atoms with Crippen molar-refractivity contribution in [3.8, 4) is 67.8 Å². The van der Waals surface area contributed by atoms with Gasteiger partial charge in [-0.15, -0.1) is 0 Å². The Morgan fingerprint density at radius 1 is 0.242 bits per heavy atom. The second-order valence-corrected chi connectivity index (χ2v) is 15.6. The van der Waals surface area contributed by atoms with Gasteiger partial charge in [0.05, 0.1) is 22.1 Å². The van der Waals surface area contributed by atoms with Gasteiger partial charge in [0.1, 0.15) is 0 Å². The molecule has 12 rings (SSSR count). The topological polar surface area (TPSA) is 48.5 Å². The van der Waals surface area contributed by atoms with Gasteiger partial charge in [-0.1, -0.05) is 176 Å². The average molecular weight is 792 g/mol. The van der Waals surface area contributed by atoms with Crippen LogP contribution in [0.3, 0.4) is 0 Å². The predicted octanol–water partition coefficient (Wildman–Crippen LogP) is 14.4. The molecular formula is C57H37N5. The van der Waals surface area contributed by atoms with Crippen LogP contribution >= 0.6 is 0 Å². The Bertz CT molecular complexity index is 3550. The van der Waals surface area contributed by atoms with Crippen LogP contribution in [-0.2, 0) is 0 Å². The fraction of sp³-hybridized carbons (Fsp3) is 0. The molecule has 0 N–H and O–H groups in total. The Kier molecular flexibility index (Phi) is 8.42. The molecule has 5 heteroatoms. The highest BCUT2D eigenvalue weighted by molar-refractivity contribution is 6.12. The van der Waals surface area contributed by atoms with E-state index in [1.54, 1.807) is 0 Å². The van der Waals surface area contributed by atoms with Crippen LogP contribution in [0.15, 0.2) is 224 Å². The van der Waals surface area contributed by atoms with Crippen molar-refractivity contribution in [2.75, 3.05) is 0 Å². The van der Waals surface area contributed by atoms with E-state index in [4.69, 9.17) is 15.0 Å². The lowest BCUT2D eigenvalue weighted by Crippen LogP contribution is -2.02. The lowest BCUT2D eigenvalue weighted by Gasteiger charge is -2.16. The van der Waals surface area contributed by atoms with Crippen LogP contribution in [0.2, 0.25) is 0 Å². The summed E-state index contributed by atoms with van der Waals surface area (Å²) in [6.07, 6.45) is 0. The highest BCUT2D eigenvalue weighted by Crippen LogP contribution is 2.40. The molecule has 0 fully saturated rings. The number of fused-ring (bicyclic) bond motifs is 6. The minimum absolute atomic E-state index is 0.608. The quantitative estimate of drug-likeness (QED) is 0.162. The SMILES string of the molecule is c1ccc(-c2ccc(-c3nc(-c4ccccc4)nc(-c4cc(-n5c6ccccc6c6cc(-n7c8ccccc8c8ccccc87)ccc65)ccc4-c4ccccc4)n3)cc2)cc1. The first-order valence-corrected chi connectivity index (χ1v) is 20.9. The zero-order valence-corrected chi connectivity index (χ0v) is 33.6. The van der Waals surface area contributed by atoms with Gasteiger partial charge in [-0.2, -0.15) is 0 Å². The summed E-state index contributed by atoms with van der Waals surface area (Å²) >= 11 is 0. The highest BCUT2D eigenvalue weighted by atomic mass is 15.0. The summed E-state index contributed by atoms with van der Waals surface area (Å²) in [6.45, 7) is 0. The van der Waals surface area contributed by atoms with E-state index in [0.717, 1.165) is 61.4 Å². The van der Waals surface area contributed by atoms with E-state index in [0.29, 0.717) is 17.5 Å². The summed E-state index contributed by atoms with van der Waals surface area (Å²) in [5.41, 5.74) is 14.0. The van der Waals surface area contributed by atoms with Crippen molar-refractivity contribution in [3.05, 3.63) is 224 Å². The third-order valence-corrected chi connectivity index (χ3v) is 12.0. The Balaban J connectivity index is 1.06. The second kappa shape index (κ2) is 14.7. The smallest absolute Gasteiger partial charge is 0.164 e. The fourth-order valence-corrected chi connectivity index (χ4v) is 9.09. The van der Waals surface area contributed by atoms with Crippen molar-refractivity contribution < 1.29 is 0 Å². The molecule has 12 aromatic rings. The molecule has 3 heterocycles. The molecule has 0 unspecified atom stereocenters. The molecule has 0 amide bonds. The van der Waals surface area contributed by atoms with Gasteiger partial charge < -0.3 is 9.13 Å². The van der Waals surface area contributed by atoms with Crippen LogP contribution in [-0.4, -0.2) is 24.1 Å². The van der Waals surface area contributed by atoms with Gasteiger partial charge >= 0.3 is 0 Å². The van der Waals surface area contributed by atoms with Gasteiger partial charge in [0.2, 0.25) is 0 Å². The molecule has 0 aliphatic rings. The molecule has 5 nitrogen and oxygen atoms in total. The maximum absolute atomic E-state index is 5.29. The van der Waals surface area contributed by atoms with E-state index >= 15 is 0 Å². The van der Waals surface area contributed by atoms with Gasteiger partial charge in [-0.3, -0.25) is 0 Å². The van der Waals surface area contributed by atoms with Gasteiger partial charge in [-0.05, 0) is 70.8 Å². The molecule has 0 bridgehead atoms. The van der Waals surface area contributed by atoms with Crippen molar-refractivity contribution in [3.63, 3.8) is 0 Å². The van der Waals surface area contributed by atoms with E-state index in [1.807, 2.05) is 24.3 Å². The van der Waals surface area contributed by atoms with Crippen molar-refractivity contribution in [2.45, 2.75) is 0 Å². The van der Waals surface area contributed by atoms with Crippen LogP contribution in [0, 0.1) is 0 Å². The number of aromatic nitrogens is 5. The van der Waals surface area contributed by atoms with Gasteiger partial charge in [0.15, 0.2) is 17.5 Å². The van der Waals surface area contributed by atoms with Crippen LogP contribution in [0.5, 0.6) is 0 Å². The summed E-state index contributed by atoms with van der Waals surface area (Å²) in [4.78, 5) is 15.6. The predicted molar refractivity (Wildman–Crippen MR) is 256 cm³/mol. The van der Waals surface area contributed by atoms with Crippen LogP contribution < -0.4 is 0 Å². The zero-order chi connectivity index (χ0) is 41.0. The van der Waals surface area contributed by atoms with Gasteiger partial charge in [0.25, 0.3) is 0 Å². The van der Waals surface area contributed by atoms with Crippen molar-refractivity contribution in [1.82, 2.24) is 24.1 Å². The van der Waals surface area contributed by atoms with Gasteiger partial charge in [-0.25, -0.2) is 15.0 Å². The summed E-state index contributed by atoms with van der Waals surface area (Å²) < 4.78 is 4.77. The monoisotopic (exact) mass is 791 g/mol. The van der Waals surface area contributed by atoms with E-state index in [1.165, 1.54) is 32.6 Å². The summed E-state index contributed by atoms with van der Waals surface area (Å²) in [6, 6.07) is 79.2. The first kappa shape index (κ1) is 35.5. The third-order valence-electron chi connectivity index (χ3n) is 12.0. The lowest BCUT2D eigenvalue weighted by atomic mass is 9.98. The molecule has 0 aliphatic heterocycles. The molecule has 0 atom stereocenters. The Labute approximate surface area is 358 Å². The fourth-order valence-electron chi connectivity index (χ4n) is 9.09. The van der Waals surface area contributed by atoms with E-state index in [9.17, 15) is 0 Å². The minimum Gasteiger partial charge on any atom is -0.309 e. The summed E-state index contributed by atoms with van der Waals surface area (Å²) in [5.74, 6) is 1.85. The van der Waals surface area contributed by atoms with Crippen LogP contribution in [0.1, 0.15) is 0 Å². The van der Waals surface area contributed by atoms with E-state index < -0.39 is 0 Å². The summed E-state index contributed by atoms with van der Waals surface area (Å²) in [5, 5.41) is 4.86. The maximum Gasteiger partial charge on any atom is 0.164 e. The Morgan fingerprint density at radius 3 is 1.21 bits per heavy atom. The van der Waals surface area contributed by atoms with E-state index in [-0.39, 0.29) is 0 Å². The van der Waals surface area contributed by atoms with E-state index in [2.05, 4.69) is 209 Å². The van der Waals surface area contributed by atoms with Crippen LogP contribution in [0.25, 0.3) is 111 Å². The number of nitrogens with zero attached hydrogens (tertiary/aromatic N) is 5. The summed E-state index contributed by atoms with van der Waals surface area (Å²) in [7, 11) is 0. The number of rotatable bonds is 7.